The smallest absolute Gasteiger partial charge is 0.134 e. The maximum Gasteiger partial charge on any atom is 0.134 e. The molecule has 4 nitrogen and oxygen atoms in total. The number of para-hydroxylation sites is 1. The zero-order valence-corrected chi connectivity index (χ0v) is 11.1. The Morgan fingerprint density at radius 3 is 2.82 bits per heavy atom. The summed E-state index contributed by atoms with van der Waals surface area (Å²) in [6.07, 6.45) is 0. The lowest BCUT2D eigenvalue weighted by molar-refractivity contribution is 0.870. The number of nitrogens with one attached hydrogen (secondary N) is 1. The highest BCUT2D eigenvalue weighted by molar-refractivity contribution is 7.10. The Balaban J connectivity index is 2.17. The zero-order chi connectivity index (χ0) is 12.3. The molecule has 0 atom stereocenters. The molecule has 0 radical (unpaired) electrons. The van der Waals surface area contributed by atoms with Crippen LogP contribution in [-0.4, -0.2) is 23.7 Å². The monoisotopic (exact) mass is 248 g/mol. The van der Waals surface area contributed by atoms with Crippen molar-refractivity contribution in [2.75, 3.05) is 24.3 Å². The van der Waals surface area contributed by atoms with Gasteiger partial charge in [-0.05, 0) is 18.6 Å². The lowest BCUT2D eigenvalue weighted by Gasteiger charge is -2.20. The van der Waals surface area contributed by atoms with Crippen molar-refractivity contribution in [2.24, 2.45) is 0 Å². The topological polar surface area (TPSA) is 41.1 Å². The van der Waals surface area contributed by atoms with E-state index in [0.29, 0.717) is 0 Å². The minimum atomic E-state index is 0.761. The fourth-order valence-corrected chi connectivity index (χ4v) is 2.33. The van der Waals surface area contributed by atoms with Gasteiger partial charge in [-0.15, -0.1) is 5.10 Å². The highest BCUT2D eigenvalue weighted by Crippen LogP contribution is 2.23. The molecular formula is C12H16N4S. The third-order valence-electron chi connectivity index (χ3n) is 2.70. The predicted molar refractivity (Wildman–Crippen MR) is 72.7 cm³/mol. The standard InChI is InChI=1S/C12H16N4S/c1-9-6-4-5-7-11(9)16(3)8-10-12(13-2)17-15-14-10/h4-7,13H,8H2,1-3H3. The van der Waals surface area contributed by atoms with Crippen LogP contribution >= 0.6 is 11.5 Å². The molecule has 0 amide bonds. The van der Waals surface area contributed by atoms with E-state index in [4.69, 9.17) is 0 Å². The van der Waals surface area contributed by atoms with Crippen molar-refractivity contribution in [3.05, 3.63) is 35.5 Å². The Bertz CT molecular complexity index is 495. The van der Waals surface area contributed by atoms with Crippen molar-refractivity contribution < 1.29 is 0 Å². The summed E-state index contributed by atoms with van der Waals surface area (Å²) in [4.78, 5) is 2.19. The fourth-order valence-electron chi connectivity index (χ4n) is 1.80. The number of benzene rings is 1. The van der Waals surface area contributed by atoms with Gasteiger partial charge in [-0.1, -0.05) is 22.7 Å². The van der Waals surface area contributed by atoms with E-state index in [-0.39, 0.29) is 0 Å². The molecule has 17 heavy (non-hydrogen) atoms. The number of anilines is 2. The number of hydrogen-bond acceptors (Lipinski definition) is 5. The van der Waals surface area contributed by atoms with E-state index in [0.717, 1.165) is 17.2 Å². The maximum absolute atomic E-state index is 4.15. The first-order valence-corrected chi connectivity index (χ1v) is 6.25. The van der Waals surface area contributed by atoms with Gasteiger partial charge in [0.05, 0.1) is 6.54 Å². The van der Waals surface area contributed by atoms with Crippen LogP contribution in [0, 0.1) is 6.92 Å². The third-order valence-corrected chi connectivity index (χ3v) is 3.48. The van der Waals surface area contributed by atoms with Gasteiger partial charge in [0.15, 0.2) is 0 Å². The van der Waals surface area contributed by atoms with Crippen LogP contribution in [0.2, 0.25) is 0 Å². The average molecular weight is 248 g/mol. The van der Waals surface area contributed by atoms with Gasteiger partial charge in [0.25, 0.3) is 0 Å². The van der Waals surface area contributed by atoms with Gasteiger partial charge in [-0.2, -0.15) is 0 Å². The van der Waals surface area contributed by atoms with Crippen LogP contribution in [0.1, 0.15) is 11.3 Å². The quantitative estimate of drug-likeness (QED) is 0.902. The van der Waals surface area contributed by atoms with Crippen LogP contribution in [0.3, 0.4) is 0 Å². The van der Waals surface area contributed by atoms with Crippen molar-refractivity contribution in [1.29, 1.82) is 0 Å². The summed E-state index contributed by atoms with van der Waals surface area (Å²) < 4.78 is 3.96. The zero-order valence-electron chi connectivity index (χ0n) is 10.3. The summed E-state index contributed by atoms with van der Waals surface area (Å²) in [5.41, 5.74) is 3.48. The Hall–Kier alpha value is -1.62. The number of aromatic nitrogens is 2. The van der Waals surface area contributed by atoms with E-state index in [1.807, 2.05) is 7.05 Å². The van der Waals surface area contributed by atoms with E-state index < -0.39 is 0 Å². The fraction of sp³-hybridized carbons (Fsp3) is 0.333. The molecule has 0 aliphatic carbocycles. The minimum absolute atomic E-state index is 0.761. The molecule has 1 N–H and O–H groups in total. The van der Waals surface area contributed by atoms with Crippen LogP contribution < -0.4 is 10.2 Å². The van der Waals surface area contributed by atoms with Crippen molar-refractivity contribution in [2.45, 2.75) is 13.5 Å². The molecule has 2 aromatic rings. The van der Waals surface area contributed by atoms with E-state index in [2.05, 4.69) is 58.0 Å². The first-order valence-electron chi connectivity index (χ1n) is 5.48. The highest BCUT2D eigenvalue weighted by Gasteiger charge is 2.10. The van der Waals surface area contributed by atoms with Crippen molar-refractivity contribution in [3.63, 3.8) is 0 Å². The van der Waals surface area contributed by atoms with E-state index in [1.165, 1.54) is 22.8 Å². The van der Waals surface area contributed by atoms with E-state index >= 15 is 0 Å². The third kappa shape index (κ3) is 2.55. The summed E-state index contributed by atoms with van der Waals surface area (Å²) in [5.74, 6) is 0. The molecule has 0 saturated heterocycles. The molecule has 0 spiro atoms. The molecule has 2 rings (SSSR count). The molecule has 0 fully saturated rings. The SMILES string of the molecule is CNc1snnc1CN(C)c1ccccc1C. The molecule has 90 valence electrons. The summed E-state index contributed by atoms with van der Waals surface area (Å²) in [6, 6.07) is 8.34. The Morgan fingerprint density at radius 1 is 1.35 bits per heavy atom. The van der Waals surface area contributed by atoms with Crippen molar-refractivity contribution in [3.8, 4) is 0 Å². The van der Waals surface area contributed by atoms with Gasteiger partial charge in [-0.25, -0.2) is 0 Å². The minimum Gasteiger partial charge on any atom is -0.377 e. The van der Waals surface area contributed by atoms with E-state index in [9.17, 15) is 0 Å². The highest BCUT2D eigenvalue weighted by atomic mass is 32.1. The van der Waals surface area contributed by atoms with Crippen LogP contribution in [0.4, 0.5) is 10.7 Å². The summed E-state index contributed by atoms with van der Waals surface area (Å²) in [5, 5.41) is 8.29. The number of rotatable bonds is 4. The normalized spacial score (nSPS) is 10.3. The average Bonchev–Trinajstić information content (AvgIpc) is 2.76. The van der Waals surface area contributed by atoms with Crippen LogP contribution in [0.5, 0.6) is 0 Å². The van der Waals surface area contributed by atoms with Crippen LogP contribution in [0.15, 0.2) is 24.3 Å². The molecule has 1 aromatic carbocycles. The van der Waals surface area contributed by atoms with Crippen LogP contribution in [0.25, 0.3) is 0 Å². The van der Waals surface area contributed by atoms with E-state index in [1.54, 1.807) is 0 Å². The Labute approximate surface area is 105 Å². The van der Waals surface area contributed by atoms with Crippen molar-refractivity contribution in [1.82, 2.24) is 9.59 Å². The molecule has 0 aliphatic heterocycles. The molecular weight excluding hydrogens is 232 g/mol. The van der Waals surface area contributed by atoms with Crippen molar-refractivity contribution >= 4 is 22.2 Å². The summed E-state index contributed by atoms with van der Waals surface area (Å²) in [6.45, 7) is 2.88. The number of nitrogens with zero attached hydrogens (tertiary/aromatic N) is 3. The van der Waals surface area contributed by atoms with Gasteiger partial charge in [0.2, 0.25) is 0 Å². The van der Waals surface area contributed by atoms with Gasteiger partial charge >= 0.3 is 0 Å². The molecule has 1 heterocycles. The lowest BCUT2D eigenvalue weighted by atomic mass is 10.2. The number of aryl methyl sites for hydroxylation is 1. The summed E-state index contributed by atoms with van der Waals surface area (Å²) in [7, 11) is 3.97. The molecule has 0 bridgehead atoms. The van der Waals surface area contributed by atoms with Crippen LogP contribution in [-0.2, 0) is 6.54 Å². The molecule has 0 unspecified atom stereocenters. The molecule has 5 heteroatoms. The van der Waals surface area contributed by atoms with Gasteiger partial charge in [-0.3, -0.25) is 0 Å². The Morgan fingerprint density at radius 2 is 2.12 bits per heavy atom. The molecule has 1 aromatic heterocycles. The second-order valence-corrected chi connectivity index (χ2v) is 4.70. The lowest BCUT2D eigenvalue weighted by Crippen LogP contribution is -2.18. The maximum atomic E-state index is 4.15. The second-order valence-electron chi connectivity index (χ2n) is 3.94. The first kappa shape index (κ1) is 11.9. The van der Waals surface area contributed by atoms with Gasteiger partial charge < -0.3 is 10.2 Å². The molecule has 0 saturated carbocycles. The predicted octanol–water partition coefficient (Wildman–Crippen LogP) is 2.52. The Kier molecular flexibility index (Phi) is 3.58. The van der Waals surface area contributed by atoms with Gasteiger partial charge in [0, 0.05) is 31.3 Å². The second kappa shape index (κ2) is 5.14. The van der Waals surface area contributed by atoms with Gasteiger partial charge in [0.1, 0.15) is 10.7 Å². The summed E-state index contributed by atoms with van der Waals surface area (Å²) >= 11 is 1.39. The first-order chi connectivity index (χ1) is 8.22. The largest absolute Gasteiger partial charge is 0.377 e. The molecule has 0 aliphatic rings. The number of hydrogen-bond donors (Lipinski definition) is 1.